The van der Waals surface area contributed by atoms with Gasteiger partial charge in [-0.3, -0.25) is 0 Å². The van der Waals surface area contributed by atoms with Gasteiger partial charge >= 0.3 is 0 Å². The topological polar surface area (TPSA) is 12.0 Å². The van der Waals surface area contributed by atoms with E-state index in [0.717, 1.165) is 12.5 Å². The van der Waals surface area contributed by atoms with Crippen molar-refractivity contribution in [3.05, 3.63) is 35.4 Å². The maximum atomic E-state index is 3.60. The van der Waals surface area contributed by atoms with Gasteiger partial charge < -0.3 is 5.32 Å². The van der Waals surface area contributed by atoms with Crippen molar-refractivity contribution in [3.8, 4) is 0 Å². The number of hydrogen-bond acceptors (Lipinski definition) is 2. The van der Waals surface area contributed by atoms with E-state index in [1.54, 1.807) is 0 Å². The summed E-state index contributed by atoms with van der Waals surface area (Å²) in [5.41, 5.74) is 2.83. The minimum Gasteiger partial charge on any atom is -0.314 e. The molecule has 0 aromatic heterocycles. The second-order valence-electron chi connectivity index (χ2n) is 5.75. The molecule has 1 nitrogen and oxygen atoms in total. The van der Waals surface area contributed by atoms with Gasteiger partial charge in [0, 0.05) is 6.04 Å². The molecule has 0 spiro atoms. The van der Waals surface area contributed by atoms with Gasteiger partial charge in [0.25, 0.3) is 0 Å². The predicted octanol–water partition coefficient (Wildman–Crippen LogP) is 4.29. The van der Waals surface area contributed by atoms with Gasteiger partial charge in [0.05, 0.1) is 0 Å². The third-order valence-corrected chi connectivity index (χ3v) is 4.12. The Kier molecular flexibility index (Phi) is 8.24. The molecule has 108 valence electrons. The zero-order chi connectivity index (χ0) is 14.1. The molecule has 0 amide bonds. The van der Waals surface area contributed by atoms with Crippen molar-refractivity contribution in [2.45, 2.75) is 46.1 Å². The van der Waals surface area contributed by atoms with Crippen LogP contribution in [0.5, 0.6) is 0 Å². The van der Waals surface area contributed by atoms with E-state index in [4.69, 9.17) is 0 Å². The highest BCUT2D eigenvalue weighted by Crippen LogP contribution is 2.16. The highest BCUT2D eigenvalue weighted by Gasteiger charge is 2.10. The van der Waals surface area contributed by atoms with Crippen molar-refractivity contribution >= 4 is 11.8 Å². The Bertz CT molecular complexity index is 332. The number of nitrogens with one attached hydrogen (secondary N) is 1. The summed E-state index contributed by atoms with van der Waals surface area (Å²) in [5.74, 6) is 2.05. The van der Waals surface area contributed by atoms with Gasteiger partial charge in [0.1, 0.15) is 0 Å². The molecule has 0 bridgehead atoms. The van der Waals surface area contributed by atoms with Crippen LogP contribution in [0.4, 0.5) is 0 Å². The monoisotopic (exact) mass is 279 g/mol. The minimum absolute atomic E-state index is 0.584. The number of aryl methyl sites for hydroxylation is 1. The summed E-state index contributed by atoms with van der Waals surface area (Å²) in [7, 11) is 0. The molecular weight excluding hydrogens is 250 g/mol. The highest BCUT2D eigenvalue weighted by atomic mass is 32.2. The standard InChI is InChI=1S/C17H29NS/c1-14(2)18-13-17(6-5-11-19-4)12-16-9-7-15(3)8-10-16/h7-10,14,17-18H,5-6,11-13H2,1-4H3. The highest BCUT2D eigenvalue weighted by molar-refractivity contribution is 7.98. The van der Waals surface area contributed by atoms with Crippen molar-refractivity contribution in [1.82, 2.24) is 5.32 Å². The van der Waals surface area contributed by atoms with E-state index in [1.807, 2.05) is 11.8 Å². The zero-order valence-electron chi connectivity index (χ0n) is 12.9. The van der Waals surface area contributed by atoms with E-state index in [-0.39, 0.29) is 0 Å². The van der Waals surface area contributed by atoms with Crippen LogP contribution in [0.25, 0.3) is 0 Å². The molecule has 0 radical (unpaired) electrons. The second-order valence-corrected chi connectivity index (χ2v) is 6.74. The fourth-order valence-electron chi connectivity index (χ4n) is 2.25. The largest absolute Gasteiger partial charge is 0.314 e. The molecule has 1 N–H and O–H groups in total. The lowest BCUT2D eigenvalue weighted by molar-refractivity contribution is 0.419. The van der Waals surface area contributed by atoms with Gasteiger partial charge in [-0.1, -0.05) is 43.7 Å². The molecule has 2 heteroatoms. The molecule has 1 unspecified atom stereocenters. The summed E-state index contributed by atoms with van der Waals surface area (Å²) >= 11 is 1.96. The SMILES string of the molecule is CSCCCC(CNC(C)C)Cc1ccc(C)cc1. The van der Waals surface area contributed by atoms with Gasteiger partial charge in [0.15, 0.2) is 0 Å². The third kappa shape index (κ3) is 7.64. The predicted molar refractivity (Wildman–Crippen MR) is 89.1 cm³/mol. The van der Waals surface area contributed by atoms with Crippen molar-refractivity contribution in [2.75, 3.05) is 18.6 Å². The quantitative estimate of drug-likeness (QED) is 0.677. The summed E-state index contributed by atoms with van der Waals surface area (Å²) < 4.78 is 0. The maximum absolute atomic E-state index is 3.60. The molecule has 0 fully saturated rings. The van der Waals surface area contributed by atoms with Crippen LogP contribution >= 0.6 is 11.8 Å². The smallest absolute Gasteiger partial charge is 0.00104 e. The molecular formula is C17H29NS. The second kappa shape index (κ2) is 9.44. The fraction of sp³-hybridized carbons (Fsp3) is 0.647. The van der Waals surface area contributed by atoms with Crippen molar-refractivity contribution in [1.29, 1.82) is 0 Å². The Labute approximate surface area is 123 Å². The summed E-state index contributed by atoms with van der Waals surface area (Å²) in [6, 6.07) is 9.61. The first-order valence-electron chi connectivity index (χ1n) is 7.39. The fourth-order valence-corrected chi connectivity index (χ4v) is 2.71. The van der Waals surface area contributed by atoms with Crippen LogP contribution in [0, 0.1) is 12.8 Å². The molecule has 0 aliphatic carbocycles. The molecule has 1 aromatic rings. The summed E-state index contributed by atoms with van der Waals surface area (Å²) in [6.45, 7) is 7.75. The lowest BCUT2D eigenvalue weighted by atomic mass is 9.94. The molecule has 0 saturated heterocycles. The summed E-state index contributed by atoms with van der Waals surface area (Å²) in [5, 5.41) is 3.60. The van der Waals surface area contributed by atoms with Crippen LogP contribution in [0.15, 0.2) is 24.3 Å². The van der Waals surface area contributed by atoms with Gasteiger partial charge in [0.2, 0.25) is 0 Å². The van der Waals surface area contributed by atoms with Crippen LogP contribution in [0.1, 0.15) is 37.8 Å². The Morgan fingerprint density at radius 1 is 1.16 bits per heavy atom. The molecule has 0 saturated carbocycles. The van der Waals surface area contributed by atoms with Crippen molar-refractivity contribution in [3.63, 3.8) is 0 Å². The molecule has 0 aliphatic heterocycles. The lowest BCUT2D eigenvalue weighted by Crippen LogP contribution is -2.30. The normalized spacial score (nSPS) is 12.9. The average molecular weight is 279 g/mol. The van der Waals surface area contributed by atoms with Gasteiger partial charge in [-0.05, 0) is 56.2 Å². The van der Waals surface area contributed by atoms with E-state index < -0.39 is 0 Å². The molecule has 0 heterocycles. The first-order chi connectivity index (χ1) is 9.11. The van der Waals surface area contributed by atoms with Crippen molar-refractivity contribution in [2.24, 2.45) is 5.92 Å². The first-order valence-corrected chi connectivity index (χ1v) is 8.79. The number of rotatable bonds is 9. The van der Waals surface area contributed by atoms with Gasteiger partial charge in [-0.15, -0.1) is 0 Å². The Morgan fingerprint density at radius 3 is 2.42 bits per heavy atom. The minimum atomic E-state index is 0.584. The van der Waals surface area contributed by atoms with Crippen LogP contribution in [0.3, 0.4) is 0 Å². The Morgan fingerprint density at radius 2 is 1.84 bits per heavy atom. The average Bonchev–Trinajstić information content (AvgIpc) is 2.38. The number of hydrogen-bond donors (Lipinski definition) is 1. The van der Waals surface area contributed by atoms with Crippen LogP contribution in [-0.2, 0) is 6.42 Å². The summed E-state index contributed by atoms with van der Waals surface area (Å²) in [4.78, 5) is 0. The number of benzene rings is 1. The van der Waals surface area contributed by atoms with Crippen molar-refractivity contribution < 1.29 is 0 Å². The van der Waals surface area contributed by atoms with Crippen LogP contribution in [-0.4, -0.2) is 24.6 Å². The third-order valence-electron chi connectivity index (χ3n) is 3.42. The van der Waals surface area contributed by atoms with Crippen LogP contribution < -0.4 is 5.32 Å². The number of thioether (sulfide) groups is 1. The van der Waals surface area contributed by atoms with E-state index in [2.05, 4.69) is 56.6 Å². The Hall–Kier alpha value is -0.470. The zero-order valence-corrected chi connectivity index (χ0v) is 13.7. The van der Waals surface area contributed by atoms with E-state index in [0.29, 0.717) is 6.04 Å². The molecule has 0 aliphatic rings. The molecule has 1 aromatic carbocycles. The van der Waals surface area contributed by atoms with E-state index >= 15 is 0 Å². The molecule has 1 atom stereocenters. The van der Waals surface area contributed by atoms with Gasteiger partial charge in [-0.25, -0.2) is 0 Å². The maximum Gasteiger partial charge on any atom is 0.00104 e. The summed E-state index contributed by atoms with van der Waals surface area (Å²) in [6.07, 6.45) is 6.06. The first kappa shape index (κ1) is 16.6. The van der Waals surface area contributed by atoms with Gasteiger partial charge in [-0.2, -0.15) is 11.8 Å². The van der Waals surface area contributed by atoms with Crippen LogP contribution in [0.2, 0.25) is 0 Å². The van der Waals surface area contributed by atoms with E-state index in [9.17, 15) is 0 Å². The molecule has 1 rings (SSSR count). The molecule has 19 heavy (non-hydrogen) atoms. The van der Waals surface area contributed by atoms with E-state index in [1.165, 1.54) is 36.1 Å². The Balaban J connectivity index is 2.48. The lowest BCUT2D eigenvalue weighted by Gasteiger charge is -2.19.